The monoisotopic (exact) mass is 306 g/mol. The number of likely N-dealkylation sites (tertiary alicyclic amines) is 1. The molecule has 0 saturated carbocycles. The summed E-state index contributed by atoms with van der Waals surface area (Å²) < 4.78 is 10.9. The molecule has 0 bridgehead atoms. The lowest BCUT2D eigenvalue weighted by molar-refractivity contribution is -0.147. The molecule has 3 rings (SSSR count). The highest BCUT2D eigenvalue weighted by Gasteiger charge is 2.38. The average Bonchev–Trinajstić information content (AvgIpc) is 3.08. The Hall–Kier alpha value is -1.82. The van der Waals surface area contributed by atoms with E-state index in [9.17, 15) is 9.59 Å². The number of carbonyl (C=O) groups is 2. The summed E-state index contributed by atoms with van der Waals surface area (Å²) >= 11 is 0. The summed E-state index contributed by atoms with van der Waals surface area (Å²) in [7, 11) is 0. The van der Waals surface area contributed by atoms with Gasteiger partial charge < -0.3 is 19.0 Å². The smallest absolute Gasteiger partial charge is 0.228 e. The van der Waals surface area contributed by atoms with E-state index < -0.39 is 0 Å². The molecule has 6 heteroatoms. The maximum absolute atomic E-state index is 12.7. The number of nitrogens with zero attached hydrogens (tertiary/aromatic N) is 2. The number of ether oxygens (including phenoxy) is 1. The number of rotatable bonds is 3. The lowest BCUT2D eigenvalue weighted by atomic mass is 10.1. The molecule has 0 aromatic carbocycles. The van der Waals surface area contributed by atoms with Crippen molar-refractivity contribution < 1.29 is 18.7 Å². The van der Waals surface area contributed by atoms with E-state index in [1.807, 2.05) is 24.8 Å². The van der Waals surface area contributed by atoms with E-state index in [4.69, 9.17) is 9.15 Å². The van der Waals surface area contributed by atoms with Gasteiger partial charge in [0.25, 0.3) is 0 Å². The molecule has 0 N–H and O–H groups in total. The molecule has 1 aromatic rings. The molecule has 2 aliphatic heterocycles. The van der Waals surface area contributed by atoms with Crippen molar-refractivity contribution in [3.05, 3.63) is 24.2 Å². The third-order valence-electron chi connectivity index (χ3n) is 4.22. The predicted molar refractivity (Wildman–Crippen MR) is 78.8 cm³/mol. The van der Waals surface area contributed by atoms with Crippen LogP contribution in [0.25, 0.3) is 0 Å². The van der Waals surface area contributed by atoms with Gasteiger partial charge in [0.05, 0.1) is 30.9 Å². The van der Waals surface area contributed by atoms with Crippen LogP contribution in [0.2, 0.25) is 0 Å². The minimum atomic E-state index is -0.250. The zero-order chi connectivity index (χ0) is 15.7. The summed E-state index contributed by atoms with van der Waals surface area (Å²) in [6.07, 6.45) is 1.97. The molecule has 22 heavy (non-hydrogen) atoms. The fourth-order valence-electron chi connectivity index (χ4n) is 3.30. The molecule has 0 aliphatic carbocycles. The molecule has 2 fully saturated rings. The highest BCUT2D eigenvalue weighted by Crippen LogP contribution is 2.24. The van der Waals surface area contributed by atoms with Gasteiger partial charge in [-0.2, -0.15) is 0 Å². The van der Waals surface area contributed by atoms with Crippen molar-refractivity contribution in [1.82, 2.24) is 9.80 Å². The molecular formula is C16H22N2O4. The Bertz CT molecular complexity index is 532. The van der Waals surface area contributed by atoms with E-state index in [0.29, 0.717) is 32.6 Å². The average molecular weight is 306 g/mol. The molecule has 120 valence electrons. The number of amides is 2. The van der Waals surface area contributed by atoms with Crippen molar-refractivity contribution >= 4 is 11.8 Å². The number of carbonyl (C=O) groups excluding carboxylic acids is 2. The minimum absolute atomic E-state index is 0.0177. The summed E-state index contributed by atoms with van der Waals surface area (Å²) in [5, 5.41) is 0. The van der Waals surface area contributed by atoms with Crippen molar-refractivity contribution in [3.63, 3.8) is 0 Å². The van der Waals surface area contributed by atoms with Crippen LogP contribution in [0.1, 0.15) is 26.0 Å². The van der Waals surface area contributed by atoms with Gasteiger partial charge in [-0.05, 0) is 26.0 Å². The lowest BCUT2D eigenvalue weighted by Crippen LogP contribution is -2.50. The molecule has 6 nitrogen and oxygen atoms in total. The Morgan fingerprint density at radius 2 is 2.00 bits per heavy atom. The third kappa shape index (κ3) is 3.16. The quantitative estimate of drug-likeness (QED) is 0.843. The molecule has 3 atom stereocenters. The SMILES string of the molecule is C[C@@H]1CN(C(=O)[C@H]2CC(=O)N(Cc3ccco3)C2)C[C@H](C)O1. The van der Waals surface area contributed by atoms with Crippen molar-refractivity contribution in [2.45, 2.75) is 39.0 Å². The lowest BCUT2D eigenvalue weighted by Gasteiger charge is -2.36. The Balaban J connectivity index is 1.61. The van der Waals surface area contributed by atoms with E-state index in [2.05, 4.69) is 0 Å². The van der Waals surface area contributed by atoms with Gasteiger partial charge in [-0.15, -0.1) is 0 Å². The molecule has 2 saturated heterocycles. The molecule has 3 heterocycles. The van der Waals surface area contributed by atoms with E-state index in [1.54, 1.807) is 17.2 Å². The number of hydrogen-bond donors (Lipinski definition) is 0. The predicted octanol–water partition coefficient (Wildman–Crippen LogP) is 1.26. The maximum Gasteiger partial charge on any atom is 0.228 e. The summed E-state index contributed by atoms with van der Waals surface area (Å²) in [5.74, 6) is 0.580. The van der Waals surface area contributed by atoms with Crippen LogP contribution in [0.5, 0.6) is 0 Å². The van der Waals surface area contributed by atoms with E-state index in [-0.39, 0.29) is 29.9 Å². The summed E-state index contributed by atoms with van der Waals surface area (Å²) in [6.45, 7) is 6.06. The first-order valence-corrected chi connectivity index (χ1v) is 7.77. The first kappa shape index (κ1) is 15.1. The fourth-order valence-corrected chi connectivity index (χ4v) is 3.30. The molecule has 2 amide bonds. The van der Waals surface area contributed by atoms with Crippen molar-refractivity contribution in [2.75, 3.05) is 19.6 Å². The first-order chi connectivity index (χ1) is 10.5. The van der Waals surface area contributed by atoms with Crippen molar-refractivity contribution in [2.24, 2.45) is 5.92 Å². The Kier molecular flexibility index (Phi) is 4.20. The normalized spacial score (nSPS) is 29.2. The molecule has 2 aliphatic rings. The van der Waals surface area contributed by atoms with E-state index in [0.717, 1.165) is 5.76 Å². The molecule has 0 spiro atoms. The Morgan fingerprint density at radius 3 is 2.64 bits per heavy atom. The number of furan rings is 1. The second-order valence-electron chi connectivity index (χ2n) is 6.26. The van der Waals surface area contributed by atoms with Crippen LogP contribution in [-0.4, -0.2) is 53.5 Å². The minimum Gasteiger partial charge on any atom is -0.467 e. The third-order valence-corrected chi connectivity index (χ3v) is 4.22. The first-order valence-electron chi connectivity index (χ1n) is 7.77. The second-order valence-corrected chi connectivity index (χ2v) is 6.26. The van der Waals surface area contributed by atoms with E-state index in [1.165, 1.54) is 0 Å². The van der Waals surface area contributed by atoms with Gasteiger partial charge in [0, 0.05) is 26.1 Å². The van der Waals surface area contributed by atoms with Crippen LogP contribution in [0, 0.1) is 5.92 Å². The molecule has 0 unspecified atom stereocenters. The Morgan fingerprint density at radius 1 is 1.27 bits per heavy atom. The van der Waals surface area contributed by atoms with Gasteiger partial charge in [-0.25, -0.2) is 0 Å². The van der Waals surface area contributed by atoms with Gasteiger partial charge in [0.1, 0.15) is 5.76 Å². The summed E-state index contributed by atoms with van der Waals surface area (Å²) in [5.41, 5.74) is 0. The maximum atomic E-state index is 12.7. The number of morpholine rings is 1. The Labute approximate surface area is 130 Å². The van der Waals surface area contributed by atoms with Crippen LogP contribution in [0.4, 0.5) is 0 Å². The largest absolute Gasteiger partial charge is 0.467 e. The van der Waals surface area contributed by atoms with Crippen LogP contribution in [0.3, 0.4) is 0 Å². The topological polar surface area (TPSA) is 63.0 Å². The standard InChI is InChI=1S/C16H22N2O4/c1-11-7-18(8-12(2)22-11)16(20)13-6-15(19)17(9-13)10-14-4-3-5-21-14/h3-5,11-13H,6-10H2,1-2H3/t11-,12+,13-/m0/s1. The molecule has 0 radical (unpaired) electrons. The fraction of sp³-hybridized carbons (Fsp3) is 0.625. The zero-order valence-electron chi connectivity index (χ0n) is 13.0. The zero-order valence-corrected chi connectivity index (χ0v) is 13.0. The number of hydrogen-bond acceptors (Lipinski definition) is 4. The van der Waals surface area contributed by atoms with Crippen LogP contribution < -0.4 is 0 Å². The van der Waals surface area contributed by atoms with Gasteiger partial charge in [0.15, 0.2) is 0 Å². The van der Waals surface area contributed by atoms with E-state index >= 15 is 0 Å². The summed E-state index contributed by atoms with van der Waals surface area (Å²) in [4.78, 5) is 28.3. The molecule has 1 aromatic heterocycles. The van der Waals surface area contributed by atoms with Crippen molar-refractivity contribution in [1.29, 1.82) is 0 Å². The van der Waals surface area contributed by atoms with Crippen LogP contribution >= 0.6 is 0 Å². The second kappa shape index (κ2) is 6.12. The van der Waals surface area contributed by atoms with Crippen LogP contribution in [-0.2, 0) is 20.9 Å². The van der Waals surface area contributed by atoms with Gasteiger partial charge in [0.2, 0.25) is 11.8 Å². The highest BCUT2D eigenvalue weighted by atomic mass is 16.5. The van der Waals surface area contributed by atoms with Gasteiger partial charge in [-0.1, -0.05) is 0 Å². The van der Waals surface area contributed by atoms with Crippen molar-refractivity contribution in [3.8, 4) is 0 Å². The van der Waals surface area contributed by atoms with Gasteiger partial charge in [-0.3, -0.25) is 9.59 Å². The summed E-state index contributed by atoms with van der Waals surface area (Å²) in [6, 6.07) is 3.64. The van der Waals surface area contributed by atoms with Gasteiger partial charge >= 0.3 is 0 Å². The molecular weight excluding hydrogens is 284 g/mol. The van der Waals surface area contributed by atoms with Crippen LogP contribution in [0.15, 0.2) is 22.8 Å². The highest BCUT2D eigenvalue weighted by molar-refractivity contribution is 5.89.